The molecule has 3 N–H and O–H groups in total. The Morgan fingerprint density at radius 3 is 2.78 bits per heavy atom. The lowest BCUT2D eigenvalue weighted by molar-refractivity contribution is 0.00758. The van der Waals surface area contributed by atoms with Crippen molar-refractivity contribution in [3.05, 3.63) is 29.8 Å². The van der Waals surface area contributed by atoms with Crippen LogP contribution >= 0.6 is 0 Å². The van der Waals surface area contributed by atoms with Gasteiger partial charge in [-0.1, -0.05) is 44.2 Å². The van der Waals surface area contributed by atoms with Crippen LogP contribution in [0.15, 0.2) is 29.3 Å². The van der Waals surface area contributed by atoms with Gasteiger partial charge in [-0.25, -0.2) is 4.99 Å². The molecule has 1 heterocycles. The zero-order valence-electron chi connectivity index (χ0n) is 16.4. The first-order chi connectivity index (χ1) is 12.9. The summed E-state index contributed by atoms with van der Waals surface area (Å²) >= 11 is 0. The van der Waals surface area contributed by atoms with Gasteiger partial charge < -0.3 is 20.5 Å². The van der Waals surface area contributed by atoms with Crippen LogP contribution in [-0.4, -0.2) is 47.2 Å². The van der Waals surface area contributed by atoms with Gasteiger partial charge in [0.05, 0.1) is 0 Å². The van der Waals surface area contributed by atoms with E-state index >= 15 is 0 Å². The Labute approximate surface area is 161 Å². The third-order valence-corrected chi connectivity index (χ3v) is 5.86. The van der Waals surface area contributed by atoms with E-state index in [0.29, 0.717) is 36.2 Å². The Morgan fingerprint density at radius 2 is 2.11 bits per heavy atom. The van der Waals surface area contributed by atoms with Crippen LogP contribution in [0.2, 0.25) is 0 Å². The second kappa shape index (κ2) is 8.30. The maximum Gasteiger partial charge on any atom is 0.193 e. The predicted octanol–water partition coefficient (Wildman–Crippen LogP) is 2.95. The van der Waals surface area contributed by atoms with E-state index in [1.165, 1.54) is 32.1 Å². The summed E-state index contributed by atoms with van der Waals surface area (Å²) in [4.78, 5) is 18.0. The molecular weight excluding hydrogens is 342 g/mol. The van der Waals surface area contributed by atoms with Crippen molar-refractivity contribution in [2.45, 2.75) is 63.6 Å². The molecule has 0 amide bonds. The molecule has 2 atom stereocenters. The molecule has 0 spiro atoms. The molecule has 1 fully saturated rings. The number of nitrogens with two attached hydrogens (primary N) is 1. The van der Waals surface area contributed by atoms with Crippen LogP contribution in [0.5, 0.6) is 5.75 Å². The van der Waals surface area contributed by atoms with Gasteiger partial charge in [-0.3, -0.25) is 4.79 Å². The van der Waals surface area contributed by atoms with Gasteiger partial charge in [0, 0.05) is 19.0 Å². The molecule has 0 saturated heterocycles. The molecule has 1 aliphatic heterocycles. The first-order valence-electron chi connectivity index (χ1n) is 9.89. The number of hydrogen-bond acceptors (Lipinski definition) is 6. The van der Waals surface area contributed by atoms with Gasteiger partial charge in [-0.05, 0) is 31.4 Å². The molecule has 1 aliphatic carbocycles. The Kier molecular flexibility index (Phi) is 6.05. The Morgan fingerprint density at radius 1 is 1.37 bits per heavy atom. The highest BCUT2D eigenvalue weighted by atomic mass is 16.5. The van der Waals surface area contributed by atoms with Gasteiger partial charge in [0.15, 0.2) is 11.7 Å². The molecule has 0 bridgehead atoms. The van der Waals surface area contributed by atoms with Crippen molar-refractivity contribution in [1.82, 2.24) is 4.90 Å². The van der Waals surface area contributed by atoms with Gasteiger partial charge in [-0.15, -0.1) is 0 Å². The average Bonchev–Trinajstić information content (AvgIpc) is 2.65. The number of carbonyl (C=O) groups is 1. The first kappa shape index (κ1) is 19.7. The summed E-state index contributed by atoms with van der Waals surface area (Å²) in [6.45, 7) is 1.89. The number of nitrogens with zero attached hydrogens (tertiary/aromatic N) is 2. The van der Waals surface area contributed by atoms with Crippen LogP contribution in [0.1, 0.15) is 62.2 Å². The highest BCUT2D eigenvalue weighted by Gasteiger charge is 2.41. The second-order valence-electron chi connectivity index (χ2n) is 8.07. The van der Waals surface area contributed by atoms with Crippen LogP contribution < -0.4 is 10.5 Å². The monoisotopic (exact) mass is 373 g/mol. The fourth-order valence-electron chi connectivity index (χ4n) is 4.23. The van der Waals surface area contributed by atoms with E-state index in [9.17, 15) is 9.90 Å². The SMILES string of the molecule is CC(=O)c1cccc(OCC2(CC3CCCCC3)CC(O)N(C)C(N)=N2)c1. The van der Waals surface area contributed by atoms with Crippen LogP contribution in [0, 0.1) is 5.92 Å². The fourth-order valence-corrected chi connectivity index (χ4v) is 4.23. The van der Waals surface area contributed by atoms with E-state index in [1.807, 2.05) is 12.1 Å². The minimum atomic E-state index is -0.668. The van der Waals surface area contributed by atoms with Crippen molar-refractivity contribution < 1.29 is 14.6 Å². The van der Waals surface area contributed by atoms with Crippen molar-refractivity contribution >= 4 is 11.7 Å². The van der Waals surface area contributed by atoms with Crippen molar-refractivity contribution in [2.75, 3.05) is 13.7 Å². The van der Waals surface area contributed by atoms with E-state index in [2.05, 4.69) is 0 Å². The summed E-state index contributed by atoms with van der Waals surface area (Å²) in [5, 5.41) is 10.5. The number of aliphatic imine (C=N–C) groups is 1. The maximum atomic E-state index is 11.6. The summed E-state index contributed by atoms with van der Waals surface area (Å²) in [5.41, 5.74) is 6.19. The van der Waals surface area contributed by atoms with Crippen molar-refractivity contribution in [3.63, 3.8) is 0 Å². The molecule has 6 nitrogen and oxygen atoms in total. The van der Waals surface area contributed by atoms with Gasteiger partial charge in [-0.2, -0.15) is 0 Å². The van der Waals surface area contributed by atoms with Gasteiger partial charge in [0.25, 0.3) is 0 Å². The average molecular weight is 373 g/mol. The second-order valence-corrected chi connectivity index (χ2v) is 8.07. The number of benzene rings is 1. The molecule has 2 unspecified atom stereocenters. The number of Topliss-reactive ketones (excluding diaryl/α,β-unsaturated/α-hetero) is 1. The number of rotatable bonds is 6. The lowest BCUT2D eigenvalue weighted by atomic mass is 9.77. The first-order valence-corrected chi connectivity index (χ1v) is 9.89. The highest BCUT2D eigenvalue weighted by molar-refractivity contribution is 5.94. The number of carbonyl (C=O) groups excluding carboxylic acids is 1. The van der Waals surface area contributed by atoms with E-state index in [1.54, 1.807) is 31.0 Å². The molecule has 1 aromatic rings. The third-order valence-electron chi connectivity index (χ3n) is 5.86. The number of guanidine groups is 1. The van der Waals surface area contributed by atoms with E-state index in [4.69, 9.17) is 15.5 Å². The van der Waals surface area contributed by atoms with Crippen molar-refractivity contribution in [2.24, 2.45) is 16.6 Å². The highest BCUT2D eigenvalue weighted by Crippen LogP contribution is 2.37. The van der Waals surface area contributed by atoms with E-state index < -0.39 is 11.8 Å². The molecule has 27 heavy (non-hydrogen) atoms. The number of ether oxygens (including phenoxy) is 1. The van der Waals surface area contributed by atoms with E-state index in [0.717, 1.165) is 6.42 Å². The van der Waals surface area contributed by atoms with Crippen molar-refractivity contribution in [1.29, 1.82) is 0 Å². The number of hydrogen-bond donors (Lipinski definition) is 2. The van der Waals surface area contributed by atoms with Crippen LogP contribution in [0.4, 0.5) is 0 Å². The molecule has 6 heteroatoms. The molecule has 1 saturated carbocycles. The van der Waals surface area contributed by atoms with Gasteiger partial charge >= 0.3 is 0 Å². The quantitative estimate of drug-likeness (QED) is 0.749. The summed E-state index contributed by atoms with van der Waals surface area (Å²) < 4.78 is 6.07. The summed E-state index contributed by atoms with van der Waals surface area (Å²) in [7, 11) is 1.76. The number of ketones is 1. The zero-order chi connectivity index (χ0) is 19.4. The predicted molar refractivity (Wildman–Crippen MR) is 106 cm³/mol. The topological polar surface area (TPSA) is 88.2 Å². The molecule has 3 rings (SSSR count). The third kappa shape index (κ3) is 4.80. The minimum absolute atomic E-state index is 0.00866. The lowest BCUT2D eigenvalue weighted by Crippen LogP contribution is -2.54. The molecule has 0 aromatic heterocycles. The number of aliphatic hydroxyl groups is 1. The van der Waals surface area contributed by atoms with Crippen LogP contribution in [0.25, 0.3) is 0 Å². The molecule has 0 radical (unpaired) electrons. The normalized spacial score (nSPS) is 26.6. The maximum absolute atomic E-state index is 11.6. The summed E-state index contributed by atoms with van der Waals surface area (Å²) in [5.74, 6) is 1.59. The van der Waals surface area contributed by atoms with Gasteiger partial charge in [0.2, 0.25) is 0 Å². The lowest BCUT2D eigenvalue weighted by Gasteiger charge is -2.42. The Balaban J connectivity index is 1.79. The van der Waals surface area contributed by atoms with Crippen LogP contribution in [0.3, 0.4) is 0 Å². The molecule has 2 aliphatic rings. The largest absolute Gasteiger partial charge is 0.491 e. The van der Waals surface area contributed by atoms with Crippen molar-refractivity contribution in [3.8, 4) is 5.75 Å². The standard InChI is InChI=1S/C21H31N3O3/c1-15(25)17-9-6-10-18(11-17)27-14-21(12-16-7-4-3-5-8-16)13-19(26)24(2)20(22)23-21/h6,9-11,16,19,26H,3-5,7-8,12-14H2,1-2H3,(H2,22,23). The number of aliphatic hydroxyl groups excluding tert-OH is 1. The summed E-state index contributed by atoms with van der Waals surface area (Å²) in [6, 6.07) is 7.21. The summed E-state index contributed by atoms with van der Waals surface area (Å²) in [6.07, 6.45) is 6.89. The van der Waals surface area contributed by atoms with E-state index in [-0.39, 0.29) is 5.78 Å². The molecule has 1 aromatic carbocycles. The Bertz CT molecular complexity index is 700. The van der Waals surface area contributed by atoms with Gasteiger partial charge in [0.1, 0.15) is 24.1 Å². The Hall–Kier alpha value is -2.08. The minimum Gasteiger partial charge on any atom is -0.491 e. The fraction of sp³-hybridized carbons (Fsp3) is 0.619. The zero-order valence-corrected chi connectivity index (χ0v) is 16.4. The smallest absolute Gasteiger partial charge is 0.193 e. The van der Waals surface area contributed by atoms with Crippen LogP contribution in [-0.2, 0) is 0 Å². The molecule has 148 valence electrons. The molecular formula is C21H31N3O3.